The summed E-state index contributed by atoms with van der Waals surface area (Å²) in [4.78, 5) is 0. The van der Waals surface area contributed by atoms with Crippen molar-refractivity contribution in [2.45, 2.75) is 0 Å². The van der Waals surface area contributed by atoms with Gasteiger partial charge in [0, 0.05) is 60.4 Å². The molecule has 11 aromatic rings. The van der Waals surface area contributed by atoms with Gasteiger partial charge in [-0.3, -0.25) is 0 Å². The predicted octanol–water partition coefficient (Wildman–Crippen LogP) is 13.1. The molecule has 0 amide bonds. The number of para-hydroxylation sites is 7. The van der Waals surface area contributed by atoms with Gasteiger partial charge in [0.1, 0.15) is 11.2 Å². The second kappa shape index (κ2) is 10.8. The third-order valence-corrected chi connectivity index (χ3v) is 10.5. The monoisotopic (exact) mass is 650 g/mol. The molecular formula is C48H30N2O. The molecule has 3 aromatic heterocycles. The molecule has 0 aliphatic rings. The number of hydrogen-bond donors (Lipinski definition) is 0. The van der Waals surface area contributed by atoms with Gasteiger partial charge in [-0.15, -0.1) is 0 Å². The van der Waals surface area contributed by atoms with Crippen LogP contribution in [0.2, 0.25) is 0 Å². The lowest BCUT2D eigenvalue weighted by Gasteiger charge is -2.17. The Labute approximate surface area is 293 Å². The Kier molecular flexibility index (Phi) is 5.96. The fraction of sp³-hybridized carbons (Fsp3) is 0. The molecule has 0 saturated carbocycles. The van der Waals surface area contributed by atoms with Crippen molar-refractivity contribution in [2.75, 3.05) is 0 Å². The van der Waals surface area contributed by atoms with Crippen LogP contribution in [-0.2, 0) is 0 Å². The Morgan fingerprint density at radius 3 is 1.67 bits per heavy atom. The van der Waals surface area contributed by atoms with Crippen molar-refractivity contribution in [3.63, 3.8) is 0 Å². The standard InChI is InChI=1S/C48H30N2O/c1-3-15-31(16-4-1)49-42-27-11-8-21-39(42)46-43(49)30-29-35(38-24-14-23-37-34-20-9-12-28-44(34)51-48(37)38)45(46)40-25-13-22-36-33-19-7-10-26-41(33)50(47(36)40)32-17-5-2-6-18-32/h1-30H. The van der Waals surface area contributed by atoms with Crippen LogP contribution in [0.3, 0.4) is 0 Å². The van der Waals surface area contributed by atoms with Gasteiger partial charge in [-0.05, 0) is 54.1 Å². The van der Waals surface area contributed by atoms with Crippen LogP contribution >= 0.6 is 0 Å². The molecule has 0 atom stereocenters. The van der Waals surface area contributed by atoms with Gasteiger partial charge in [0.25, 0.3) is 0 Å². The van der Waals surface area contributed by atoms with E-state index in [0.29, 0.717) is 0 Å². The summed E-state index contributed by atoms with van der Waals surface area (Å²) >= 11 is 0. The second-order valence-electron chi connectivity index (χ2n) is 13.2. The zero-order valence-electron chi connectivity index (χ0n) is 27.6. The minimum Gasteiger partial charge on any atom is -0.455 e. The van der Waals surface area contributed by atoms with Crippen molar-refractivity contribution in [1.29, 1.82) is 0 Å². The number of nitrogens with zero attached hydrogens (tertiary/aromatic N) is 2. The lowest BCUT2D eigenvalue weighted by molar-refractivity contribution is 0.670. The molecule has 11 rings (SSSR count). The molecule has 0 fully saturated rings. The normalized spacial score (nSPS) is 11.9. The Balaban J connectivity index is 1.37. The Morgan fingerprint density at radius 2 is 0.902 bits per heavy atom. The molecule has 0 saturated heterocycles. The van der Waals surface area contributed by atoms with E-state index in [0.717, 1.165) is 50.0 Å². The maximum Gasteiger partial charge on any atom is 0.143 e. The minimum absolute atomic E-state index is 0.898. The third-order valence-electron chi connectivity index (χ3n) is 10.5. The first-order valence-corrected chi connectivity index (χ1v) is 17.5. The van der Waals surface area contributed by atoms with Gasteiger partial charge in [0.15, 0.2) is 0 Å². The van der Waals surface area contributed by atoms with E-state index in [4.69, 9.17) is 4.42 Å². The van der Waals surface area contributed by atoms with E-state index in [-0.39, 0.29) is 0 Å². The third kappa shape index (κ3) is 4.00. The summed E-state index contributed by atoms with van der Waals surface area (Å²) in [5.41, 5.74) is 13.4. The van der Waals surface area contributed by atoms with Gasteiger partial charge >= 0.3 is 0 Å². The number of furan rings is 1. The first kappa shape index (κ1) is 28.0. The molecular weight excluding hydrogens is 621 g/mol. The fourth-order valence-electron chi connectivity index (χ4n) is 8.44. The molecule has 238 valence electrons. The Hall–Kier alpha value is -6.84. The van der Waals surface area contributed by atoms with E-state index in [2.05, 4.69) is 185 Å². The van der Waals surface area contributed by atoms with E-state index in [1.807, 2.05) is 6.07 Å². The van der Waals surface area contributed by atoms with Crippen LogP contribution in [0.25, 0.3) is 99.2 Å². The van der Waals surface area contributed by atoms with E-state index in [1.54, 1.807) is 0 Å². The van der Waals surface area contributed by atoms with Crippen molar-refractivity contribution in [2.24, 2.45) is 0 Å². The molecule has 8 aromatic carbocycles. The largest absolute Gasteiger partial charge is 0.455 e. The van der Waals surface area contributed by atoms with Crippen molar-refractivity contribution in [1.82, 2.24) is 9.13 Å². The Bertz CT molecular complexity index is 3130. The number of hydrogen-bond acceptors (Lipinski definition) is 1. The van der Waals surface area contributed by atoms with Gasteiger partial charge in [-0.2, -0.15) is 0 Å². The summed E-state index contributed by atoms with van der Waals surface area (Å²) in [5.74, 6) is 0. The molecule has 0 radical (unpaired) electrons. The molecule has 51 heavy (non-hydrogen) atoms. The quantitative estimate of drug-likeness (QED) is 0.186. The van der Waals surface area contributed by atoms with Gasteiger partial charge in [0.05, 0.1) is 22.1 Å². The molecule has 0 unspecified atom stereocenters. The van der Waals surface area contributed by atoms with Crippen LogP contribution in [0, 0.1) is 0 Å². The highest BCUT2D eigenvalue weighted by Gasteiger charge is 2.25. The molecule has 0 bridgehead atoms. The predicted molar refractivity (Wildman–Crippen MR) is 213 cm³/mol. The summed E-state index contributed by atoms with van der Waals surface area (Å²) in [7, 11) is 0. The highest BCUT2D eigenvalue weighted by Crippen LogP contribution is 2.49. The van der Waals surface area contributed by atoms with E-state index < -0.39 is 0 Å². The first-order chi connectivity index (χ1) is 25.3. The highest BCUT2D eigenvalue weighted by atomic mass is 16.3. The molecule has 0 aliphatic carbocycles. The molecule has 3 heterocycles. The second-order valence-corrected chi connectivity index (χ2v) is 13.2. The molecule has 0 aliphatic heterocycles. The zero-order chi connectivity index (χ0) is 33.5. The molecule has 0 N–H and O–H groups in total. The maximum atomic E-state index is 6.72. The van der Waals surface area contributed by atoms with Crippen LogP contribution in [0.4, 0.5) is 0 Å². The average Bonchev–Trinajstić information content (AvgIpc) is 3.86. The van der Waals surface area contributed by atoms with E-state index >= 15 is 0 Å². The van der Waals surface area contributed by atoms with Crippen molar-refractivity contribution in [3.8, 4) is 33.6 Å². The van der Waals surface area contributed by atoms with Crippen LogP contribution in [-0.4, -0.2) is 9.13 Å². The lowest BCUT2D eigenvalue weighted by Crippen LogP contribution is -1.97. The summed E-state index contributed by atoms with van der Waals surface area (Å²) in [6, 6.07) is 65.4. The van der Waals surface area contributed by atoms with Gasteiger partial charge < -0.3 is 13.6 Å². The van der Waals surface area contributed by atoms with Crippen LogP contribution in [0.1, 0.15) is 0 Å². The average molecular weight is 651 g/mol. The van der Waals surface area contributed by atoms with Crippen LogP contribution in [0.15, 0.2) is 186 Å². The zero-order valence-corrected chi connectivity index (χ0v) is 27.6. The summed E-state index contributed by atoms with van der Waals surface area (Å²) < 4.78 is 11.6. The number of benzene rings is 8. The van der Waals surface area contributed by atoms with Crippen LogP contribution in [0.5, 0.6) is 0 Å². The van der Waals surface area contributed by atoms with E-state index in [1.165, 1.54) is 49.2 Å². The number of aromatic nitrogens is 2. The lowest BCUT2D eigenvalue weighted by atomic mass is 9.88. The maximum absolute atomic E-state index is 6.72. The van der Waals surface area contributed by atoms with Gasteiger partial charge in [-0.1, -0.05) is 133 Å². The minimum atomic E-state index is 0.898. The number of fused-ring (bicyclic) bond motifs is 9. The van der Waals surface area contributed by atoms with Crippen LogP contribution < -0.4 is 0 Å². The fourth-order valence-corrected chi connectivity index (χ4v) is 8.44. The summed E-state index contributed by atoms with van der Waals surface area (Å²) in [5, 5.41) is 7.14. The summed E-state index contributed by atoms with van der Waals surface area (Å²) in [6.07, 6.45) is 0. The molecule has 3 nitrogen and oxygen atoms in total. The summed E-state index contributed by atoms with van der Waals surface area (Å²) in [6.45, 7) is 0. The smallest absolute Gasteiger partial charge is 0.143 e. The van der Waals surface area contributed by atoms with Gasteiger partial charge in [-0.25, -0.2) is 0 Å². The Morgan fingerprint density at radius 1 is 0.333 bits per heavy atom. The first-order valence-electron chi connectivity index (χ1n) is 17.5. The van der Waals surface area contributed by atoms with E-state index in [9.17, 15) is 0 Å². The topological polar surface area (TPSA) is 23.0 Å². The van der Waals surface area contributed by atoms with Gasteiger partial charge in [0.2, 0.25) is 0 Å². The molecule has 0 spiro atoms. The van der Waals surface area contributed by atoms with Crippen molar-refractivity contribution >= 4 is 65.6 Å². The van der Waals surface area contributed by atoms with Crippen molar-refractivity contribution < 1.29 is 4.42 Å². The number of rotatable bonds is 4. The SMILES string of the molecule is c1ccc(-n2c3ccccc3c3c(-c4cccc5c6ccccc6n(-c6ccccc6)c45)c(-c4cccc5c4oc4ccccc45)ccc32)cc1. The highest BCUT2D eigenvalue weighted by molar-refractivity contribution is 6.24. The van der Waals surface area contributed by atoms with Crippen molar-refractivity contribution in [3.05, 3.63) is 182 Å². The molecule has 3 heteroatoms.